The number of hydrogen-bond donors (Lipinski definition) is 1. The summed E-state index contributed by atoms with van der Waals surface area (Å²) in [6.07, 6.45) is -0.198. The van der Waals surface area contributed by atoms with E-state index in [0.29, 0.717) is 31.1 Å². The Balaban J connectivity index is 1.56. The molecule has 1 amide bonds. The Morgan fingerprint density at radius 2 is 2.04 bits per heavy atom. The highest BCUT2D eigenvalue weighted by atomic mass is 16.6. The number of methoxy groups -OCH3 is 1. The highest BCUT2D eigenvalue weighted by molar-refractivity contribution is 5.94. The summed E-state index contributed by atoms with van der Waals surface area (Å²) in [6.45, 7) is 1.29. The molecule has 0 fully saturated rings. The predicted octanol–water partition coefficient (Wildman–Crippen LogP) is 2.40. The van der Waals surface area contributed by atoms with Crippen molar-refractivity contribution >= 4 is 5.91 Å². The molecular weight excluding hydrogens is 294 g/mol. The van der Waals surface area contributed by atoms with Gasteiger partial charge in [-0.15, -0.1) is 0 Å². The number of ether oxygens (including phenoxy) is 3. The zero-order chi connectivity index (χ0) is 16.1. The normalized spacial score (nSPS) is 16.0. The summed E-state index contributed by atoms with van der Waals surface area (Å²) < 4.78 is 16.5. The van der Waals surface area contributed by atoms with Gasteiger partial charge in [-0.2, -0.15) is 0 Å². The summed E-state index contributed by atoms with van der Waals surface area (Å²) in [5, 5.41) is 2.88. The van der Waals surface area contributed by atoms with E-state index < -0.39 is 0 Å². The average molecular weight is 313 g/mol. The van der Waals surface area contributed by atoms with Crippen molar-refractivity contribution in [1.82, 2.24) is 5.32 Å². The second kappa shape index (κ2) is 7.15. The van der Waals surface area contributed by atoms with Crippen molar-refractivity contribution in [2.45, 2.75) is 12.7 Å². The van der Waals surface area contributed by atoms with Gasteiger partial charge in [-0.1, -0.05) is 24.3 Å². The van der Waals surface area contributed by atoms with Crippen LogP contribution in [0, 0.1) is 0 Å². The van der Waals surface area contributed by atoms with Crippen LogP contribution >= 0.6 is 0 Å². The number of benzene rings is 2. The molecule has 23 heavy (non-hydrogen) atoms. The van der Waals surface area contributed by atoms with Crippen molar-refractivity contribution in [2.75, 3.05) is 20.3 Å². The quantitative estimate of drug-likeness (QED) is 0.921. The summed E-state index contributed by atoms with van der Waals surface area (Å²) in [5.41, 5.74) is 1.57. The Morgan fingerprint density at radius 3 is 2.87 bits per heavy atom. The lowest BCUT2D eigenvalue weighted by molar-refractivity contribution is 0.0789. The van der Waals surface area contributed by atoms with Gasteiger partial charge in [-0.05, 0) is 29.8 Å². The molecule has 0 bridgehead atoms. The maximum Gasteiger partial charge on any atom is 0.251 e. The third kappa shape index (κ3) is 3.81. The van der Waals surface area contributed by atoms with E-state index in [1.807, 2.05) is 42.5 Å². The second-order valence-corrected chi connectivity index (χ2v) is 5.34. The fourth-order valence-electron chi connectivity index (χ4n) is 2.44. The van der Waals surface area contributed by atoms with Crippen LogP contribution in [-0.4, -0.2) is 32.3 Å². The molecule has 1 aliphatic rings. The first-order chi connectivity index (χ1) is 11.3. The van der Waals surface area contributed by atoms with Gasteiger partial charge >= 0.3 is 0 Å². The van der Waals surface area contributed by atoms with Gasteiger partial charge in [0.2, 0.25) is 0 Å². The molecule has 1 heterocycles. The van der Waals surface area contributed by atoms with Crippen LogP contribution in [-0.2, 0) is 11.3 Å². The Hall–Kier alpha value is -2.53. The molecular formula is C18H19NO4. The van der Waals surface area contributed by atoms with Gasteiger partial charge in [0.05, 0.1) is 13.2 Å². The zero-order valence-electron chi connectivity index (χ0n) is 13.0. The highest BCUT2D eigenvalue weighted by Gasteiger charge is 2.21. The summed E-state index contributed by atoms with van der Waals surface area (Å²) in [4.78, 5) is 12.2. The molecule has 5 heteroatoms. The van der Waals surface area contributed by atoms with Crippen molar-refractivity contribution in [3.05, 3.63) is 59.7 Å². The molecule has 5 nitrogen and oxygen atoms in total. The zero-order valence-corrected chi connectivity index (χ0v) is 13.0. The Bertz CT molecular complexity index is 686. The Kier molecular flexibility index (Phi) is 4.78. The van der Waals surface area contributed by atoms with Crippen LogP contribution in [0.2, 0.25) is 0 Å². The molecule has 2 aromatic rings. The van der Waals surface area contributed by atoms with Gasteiger partial charge in [-0.25, -0.2) is 0 Å². The molecule has 0 radical (unpaired) electrons. The fourth-order valence-corrected chi connectivity index (χ4v) is 2.44. The van der Waals surface area contributed by atoms with E-state index >= 15 is 0 Å². The van der Waals surface area contributed by atoms with Gasteiger partial charge in [0.15, 0.2) is 11.5 Å². The first-order valence-corrected chi connectivity index (χ1v) is 7.51. The summed E-state index contributed by atoms with van der Waals surface area (Å²) in [7, 11) is 1.63. The van der Waals surface area contributed by atoms with Gasteiger partial charge in [0.25, 0.3) is 5.91 Å². The smallest absolute Gasteiger partial charge is 0.251 e. The second-order valence-electron chi connectivity index (χ2n) is 5.34. The number of amides is 1. The molecule has 120 valence electrons. The maximum atomic E-state index is 12.2. The Labute approximate surface area is 135 Å². The summed E-state index contributed by atoms with van der Waals surface area (Å²) in [5.74, 6) is 1.31. The van der Waals surface area contributed by atoms with Gasteiger partial charge in [0, 0.05) is 12.7 Å². The number of fused-ring (bicyclic) bond motifs is 1. The van der Waals surface area contributed by atoms with Gasteiger partial charge in [-0.3, -0.25) is 4.79 Å². The van der Waals surface area contributed by atoms with Gasteiger partial charge < -0.3 is 19.5 Å². The third-order valence-electron chi connectivity index (χ3n) is 3.56. The Morgan fingerprint density at radius 1 is 1.22 bits per heavy atom. The fraction of sp³-hybridized carbons (Fsp3) is 0.278. The maximum absolute atomic E-state index is 12.2. The van der Waals surface area contributed by atoms with Crippen LogP contribution in [0.1, 0.15) is 15.9 Å². The minimum absolute atomic E-state index is 0.134. The third-order valence-corrected chi connectivity index (χ3v) is 3.56. The molecule has 0 aliphatic carbocycles. The van der Waals surface area contributed by atoms with E-state index in [0.717, 1.165) is 11.3 Å². The molecule has 1 N–H and O–H groups in total. The van der Waals surface area contributed by atoms with Crippen LogP contribution in [0.15, 0.2) is 48.5 Å². The van der Waals surface area contributed by atoms with Crippen LogP contribution < -0.4 is 14.8 Å². The molecule has 0 saturated carbocycles. The summed E-state index contributed by atoms with van der Waals surface area (Å²) in [6, 6.07) is 14.9. The number of carbonyl (C=O) groups is 1. The van der Waals surface area contributed by atoms with E-state index in [-0.39, 0.29) is 12.0 Å². The van der Waals surface area contributed by atoms with E-state index in [1.165, 1.54) is 0 Å². The average Bonchev–Trinajstić information content (AvgIpc) is 2.60. The van der Waals surface area contributed by atoms with Crippen LogP contribution in [0.5, 0.6) is 11.5 Å². The van der Waals surface area contributed by atoms with Crippen molar-refractivity contribution in [3.8, 4) is 11.5 Å². The minimum atomic E-state index is -0.198. The van der Waals surface area contributed by atoms with Crippen LogP contribution in [0.4, 0.5) is 0 Å². The van der Waals surface area contributed by atoms with Crippen molar-refractivity contribution < 1.29 is 19.0 Å². The van der Waals surface area contributed by atoms with E-state index in [4.69, 9.17) is 14.2 Å². The van der Waals surface area contributed by atoms with Gasteiger partial charge in [0.1, 0.15) is 12.7 Å². The molecule has 0 saturated heterocycles. The number of hydrogen-bond acceptors (Lipinski definition) is 4. The molecule has 0 spiro atoms. The van der Waals surface area contributed by atoms with E-state index in [9.17, 15) is 4.79 Å². The molecule has 2 aromatic carbocycles. The number of rotatable bonds is 5. The molecule has 1 aliphatic heterocycles. The first-order valence-electron chi connectivity index (χ1n) is 7.51. The number of nitrogens with one attached hydrogen (secondary N) is 1. The standard InChI is InChI=1S/C18H19NO4/c1-21-11-13-5-4-6-14(9-13)18(20)19-10-15-12-22-16-7-2-3-8-17(16)23-15/h2-9,15H,10-12H2,1H3,(H,19,20). The lowest BCUT2D eigenvalue weighted by Gasteiger charge is -2.26. The topological polar surface area (TPSA) is 56.8 Å². The van der Waals surface area contributed by atoms with E-state index in [1.54, 1.807) is 13.2 Å². The highest BCUT2D eigenvalue weighted by Crippen LogP contribution is 2.30. The largest absolute Gasteiger partial charge is 0.486 e. The van der Waals surface area contributed by atoms with Crippen LogP contribution in [0.3, 0.4) is 0 Å². The van der Waals surface area contributed by atoms with Crippen molar-refractivity contribution in [2.24, 2.45) is 0 Å². The monoisotopic (exact) mass is 313 g/mol. The number of para-hydroxylation sites is 2. The van der Waals surface area contributed by atoms with E-state index in [2.05, 4.69) is 5.32 Å². The molecule has 0 aromatic heterocycles. The van der Waals surface area contributed by atoms with Crippen LogP contribution in [0.25, 0.3) is 0 Å². The lowest BCUT2D eigenvalue weighted by atomic mass is 10.1. The predicted molar refractivity (Wildman–Crippen MR) is 85.8 cm³/mol. The minimum Gasteiger partial charge on any atom is -0.486 e. The van der Waals surface area contributed by atoms with Crippen molar-refractivity contribution in [3.63, 3.8) is 0 Å². The molecule has 1 unspecified atom stereocenters. The lowest BCUT2D eigenvalue weighted by Crippen LogP contribution is -2.40. The van der Waals surface area contributed by atoms with Crippen molar-refractivity contribution in [1.29, 1.82) is 0 Å². The first kappa shape index (κ1) is 15.4. The number of carbonyl (C=O) groups excluding carboxylic acids is 1. The molecule has 3 rings (SSSR count). The summed E-state index contributed by atoms with van der Waals surface area (Å²) >= 11 is 0. The molecule has 1 atom stereocenters. The SMILES string of the molecule is COCc1cccc(C(=O)NCC2COc3ccccc3O2)c1.